The first-order valence-electron chi connectivity index (χ1n) is 3.38. The lowest BCUT2D eigenvalue weighted by Gasteiger charge is -2.00. The summed E-state index contributed by atoms with van der Waals surface area (Å²) in [6.45, 7) is 0. The summed E-state index contributed by atoms with van der Waals surface area (Å²) < 4.78 is 0. The molecule has 0 aromatic heterocycles. The van der Waals surface area contributed by atoms with E-state index in [1.807, 2.05) is 0 Å². The summed E-state index contributed by atoms with van der Waals surface area (Å²) in [5.41, 5.74) is 4.63. The van der Waals surface area contributed by atoms with E-state index >= 15 is 0 Å². The molecule has 1 aromatic rings. The lowest BCUT2D eigenvalue weighted by molar-refractivity contribution is 0.0693. The molecule has 68 valence electrons. The zero-order valence-electron chi connectivity index (χ0n) is 6.52. The third kappa shape index (κ3) is 1.76. The molecule has 0 aliphatic heterocycles. The molecule has 4 N–H and O–H groups in total. The van der Waals surface area contributed by atoms with Gasteiger partial charge in [-0.3, -0.25) is 4.79 Å². The quantitative estimate of drug-likeness (QED) is 0.606. The molecule has 1 amide bonds. The largest absolute Gasteiger partial charge is 0.507 e. The molecule has 0 heterocycles. The molecule has 0 aliphatic carbocycles. The number of nitrogens with two attached hydrogens (primary N) is 1. The van der Waals surface area contributed by atoms with Gasteiger partial charge in [-0.2, -0.15) is 0 Å². The van der Waals surface area contributed by atoms with Gasteiger partial charge in [-0.05, 0) is 18.2 Å². The van der Waals surface area contributed by atoms with Gasteiger partial charge in [-0.15, -0.1) is 0 Å². The fourth-order valence-corrected chi connectivity index (χ4v) is 0.861. The van der Waals surface area contributed by atoms with Gasteiger partial charge < -0.3 is 15.9 Å². The van der Waals surface area contributed by atoms with Gasteiger partial charge in [-0.25, -0.2) is 4.79 Å². The summed E-state index contributed by atoms with van der Waals surface area (Å²) >= 11 is 0. The van der Waals surface area contributed by atoms with Crippen LogP contribution in [0.25, 0.3) is 0 Å². The number of amides is 1. The molecule has 0 atom stereocenters. The Morgan fingerprint density at radius 2 is 1.92 bits per heavy atom. The number of aromatic hydroxyl groups is 1. The van der Waals surface area contributed by atoms with E-state index < -0.39 is 17.6 Å². The van der Waals surface area contributed by atoms with Crippen molar-refractivity contribution in [3.63, 3.8) is 0 Å². The fourth-order valence-electron chi connectivity index (χ4n) is 0.861. The summed E-state index contributed by atoms with van der Waals surface area (Å²) in [7, 11) is 0. The van der Waals surface area contributed by atoms with Crippen LogP contribution >= 0.6 is 0 Å². The molecule has 0 saturated heterocycles. The van der Waals surface area contributed by atoms with Gasteiger partial charge in [0.1, 0.15) is 11.3 Å². The van der Waals surface area contributed by atoms with E-state index in [1.165, 1.54) is 6.07 Å². The minimum atomic E-state index is -1.30. The van der Waals surface area contributed by atoms with Crippen LogP contribution in [0.15, 0.2) is 18.2 Å². The number of hydrogen-bond acceptors (Lipinski definition) is 3. The second kappa shape index (κ2) is 3.14. The van der Waals surface area contributed by atoms with Crippen molar-refractivity contribution in [1.29, 1.82) is 0 Å². The predicted molar refractivity (Wildman–Crippen MR) is 43.6 cm³/mol. The van der Waals surface area contributed by atoms with E-state index in [1.54, 1.807) is 0 Å². The SMILES string of the molecule is NC(=O)c1ccc(O)c(C(=O)O)c1. The Balaban J connectivity index is 3.27. The summed E-state index contributed by atoms with van der Waals surface area (Å²) in [6.07, 6.45) is 0. The van der Waals surface area contributed by atoms with Crippen LogP contribution in [0, 0.1) is 0 Å². The van der Waals surface area contributed by atoms with E-state index in [4.69, 9.17) is 15.9 Å². The van der Waals surface area contributed by atoms with Crippen molar-refractivity contribution in [3.8, 4) is 5.75 Å². The van der Waals surface area contributed by atoms with Crippen LogP contribution < -0.4 is 5.73 Å². The van der Waals surface area contributed by atoms with Crippen LogP contribution in [0.3, 0.4) is 0 Å². The van der Waals surface area contributed by atoms with Gasteiger partial charge in [0.15, 0.2) is 0 Å². The Labute approximate surface area is 73.4 Å². The molecule has 0 fully saturated rings. The summed E-state index contributed by atoms with van der Waals surface area (Å²) in [6, 6.07) is 3.40. The lowest BCUT2D eigenvalue weighted by Crippen LogP contribution is -2.11. The Hall–Kier alpha value is -2.04. The first kappa shape index (κ1) is 9.05. The molecule has 0 bridgehead atoms. The molecule has 13 heavy (non-hydrogen) atoms. The number of carboxylic acid groups (broad SMARTS) is 1. The van der Waals surface area contributed by atoms with E-state index in [-0.39, 0.29) is 11.1 Å². The number of benzene rings is 1. The van der Waals surface area contributed by atoms with Crippen LogP contribution in [-0.2, 0) is 0 Å². The molecule has 0 unspecified atom stereocenters. The Kier molecular flexibility index (Phi) is 2.19. The smallest absolute Gasteiger partial charge is 0.339 e. The van der Waals surface area contributed by atoms with Gasteiger partial charge in [0.05, 0.1) is 0 Å². The Morgan fingerprint density at radius 1 is 1.31 bits per heavy atom. The number of carbonyl (C=O) groups is 2. The van der Waals surface area contributed by atoms with Crippen molar-refractivity contribution >= 4 is 11.9 Å². The van der Waals surface area contributed by atoms with Crippen molar-refractivity contribution in [3.05, 3.63) is 29.3 Å². The van der Waals surface area contributed by atoms with Gasteiger partial charge in [0, 0.05) is 5.56 Å². The van der Waals surface area contributed by atoms with Crippen molar-refractivity contribution in [2.45, 2.75) is 0 Å². The average Bonchev–Trinajstić information content (AvgIpc) is 2.04. The minimum Gasteiger partial charge on any atom is -0.507 e. The molecule has 0 aliphatic rings. The highest BCUT2D eigenvalue weighted by Gasteiger charge is 2.11. The monoisotopic (exact) mass is 181 g/mol. The number of phenols is 1. The second-order valence-electron chi connectivity index (χ2n) is 2.40. The highest BCUT2D eigenvalue weighted by molar-refractivity contribution is 5.97. The van der Waals surface area contributed by atoms with Crippen LogP contribution in [0.5, 0.6) is 5.75 Å². The fraction of sp³-hybridized carbons (Fsp3) is 0. The summed E-state index contributed by atoms with van der Waals surface area (Å²) in [5, 5.41) is 17.6. The first-order chi connectivity index (χ1) is 6.02. The van der Waals surface area contributed by atoms with Crippen molar-refractivity contribution in [2.24, 2.45) is 5.73 Å². The van der Waals surface area contributed by atoms with Crippen molar-refractivity contribution in [1.82, 2.24) is 0 Å². The van der Waals surface area contributed by atoms with E-state index in [9.17, 15) is 9.59 Å². The molecular weight excluding hydrogens is 174 g/mol. The summed E-state index contributed by atoms with van der Waals surface area (Å²) in [4.78, 5) is 21.1. The van der Waals surface area contributed by atoms with Crippen molar-refractivity contribution < 1.29 is 19.8 Å². The zero-order chi connectivity index (χ0) is 10.0. The molecule has 5 nitrogen and oxygen atoms in total. The maximum absolute atomic E-state index is 10.6. The Morgan fingerprint density at radius 3 is 2.38 bits per heavy atom. The van der Waals surface area contributed by atoms with E-state index in [0.717, 1.165) is 12.1 Å². The topological polar surface area (TPSA) is 101 Å². The number of carbonyl (C=O) groups excluding carboxylic acids is 1. The molecule has 0 saturated carbocycles. The maximum atomic E-state index is 10.6. The van der Waals surface area contributed by atoms with Gasteiger partial charge in [0.2, 0.25) is 5.91 Å². The third-order valence-corrected chi connectivity index (χ3v) is 1.51. The van der Waals surface area contributed by atoms with Gasteiger partial charge in [0.25, 0.3) is 0 Å². The number of carboxylic acids is 1. The Bertz CT molecular complexity index is 372. The lowest BCUT2D eigenvalue weighted by atomic mass is 10.1. The van der Waals surface area contributed by atoms with Crippen molar-refractivity contribution in [2.75, 3.05) is 0 Å². The molecule has 5 heteroatoms. The highest BCUT2D eigenvalue weighted by atomic mass is 16.4. The number of rotatable bonds is 2. The zero-order valence-corrected chi connectivity index (χ0v) is 6.52. The number of hydrogen-bond donors (Lipinski definition) is 3. The number of primary amides is 1. The summed E-state index contributed by atoms with van der Waals surface area (Å²) in [5.74, 6) is -2.43. The van der Waals surface area contributed by atoms with Gasteiger partial charge in [-0.1, -0.05) is 0 Å². The normalized spacial score (nSPS) is 9.54. The number of aromatic carboxylic acids is 1. The van der Waals surface area contributed by atoms with Crippen LogP contribution in [0.1, 0.15) is 20.7 Å². The van der Waals surface area contributed by atoms with Crippen LogP contribution in [0.2, 0.25) is 0 Å². The molecule has 1 rings (SSSR count). The first-order valence-corrected chi connectivity index (χ1v) is 3.38. The van der Waals surface area contributed by atoms with Gasteiger partial charge >= 0.3 is 5.97 Å². The molecule has 0 radical (unpaired) electrons. The van der Waals surface area contributed by atoms with Crippen LogP contribution in [-0.4, -0.2) is 22.1 Å². The van der Waals surface area contributed by atoms with Crippen LogP contribution in [0.4, 0.5) is 0 Å². The highest BCUT2D eigenvalue weighted by Crippen LogP contribution is 2.17. The minimum absolute atomic E-state index is 0.0511. The van der Waals surface area contributed by atoms with E-state index in [0.29, 0.717) is 0 Å². The van der Waals surface area contributed by atoms with E-state index in [2.05, 4.69) is 0 Å². The standard InChI is InChI=1S/C8H7NO4/c9-7(11)4-1-2-6(10)5(3-4)8(12)13/h1-3,10H,(H2,9,11)(H,12,13). The third-order valence-electron chi connectivity index (χ3n) is 1.51. The average molecular weight is 181 g/mol. The maximum Gasteiger partial charge on any atom is 0.339 e. The molecular formula is C8H7NO4. The second-order valence-corrected chi connectivity index (χ2v) is 2.40. The molecule has 0 spiro atoms. The predicted octanol–water partition coefficient (Wildman–Crippen LogP) is 0.189. The molecule has 1 aromatic carbocycles.